The second-order valence-corrected chi connectivity index (χ2v) is 9.45. The van der Waals surface area contributed by atoms with E-state index in [0.717, 1.165) is 41.4 Å². The number of nitrogens with zero attached hydrogens (tertiary/aromatic N) is 1. The van der Waals surface area contributed by atoms with Crippen LogP contribution < -0.4 is 0 Å². The first-order valence-corrected chi connectivity index (χ1v) is 11.1. The van der Waals surface area contributed by atoms with Crippen molar-refractivity contribution in [1.82, 2.24) is 0 Å². The standard InChI is InChI=1S/C17H30NS2.C4H8.C2H6.Ho/c1-8-10-11-14(19)12-15(13(3)9-2)18-16(4,5)17(6,7)20;1-4-2-3-4;1-2;/h11-12,19-20H,3,8-10H2,1-2,4-7H3;4H,2-3H2,1H3;1-2H3;/q-1;;;/b14-11+,15-12+;;;. The van der Waals surface area contributed by atoms with Crippen molar-refractivity contribution < 1.29 is 37.7 Å². The van der Waals surface area contributed by atoms with E-state index in [9.17, 15) is 0 Å². The Kier molecular flexibility index (Phi) is 20.2. The van der Waals surface area contributed by atoms with Crippen molar-refractivity contribution in [2.24, 2.45) is 5.92 Å². The fourth-order valence-corrected chi connectivity index (χ4v) is 1.79. The molecule has 1 aliphatic rings. The number of thiol groups is 2. The Bertz CT molecular complexity index is 455. The van der Waals surface area contributed by atoms with Crippen LogP contribution in [0.15, 0.2) is 34.9 Å². The maximum atomic E-state index is 4.89. The molecule has 0 bridgehead atoms. The van der Waals surface area contributed by atoms with Gasteiger partial charge in [0.15, 0.2) is 0 Å². The summed E-state index contributed by atoms with van der Waals surface area (Å²) in [5, 5.41) is 4.89. The number of allylic oxidation sites excluding steroid dienone is 3. The first-order valence-electron chi connectivity index (χ1n) is 10.2. The summed E-state index contributed by atoms with van der Waals surface area (Å²) in [7, 11) is 0. The van der Waals surface area contributed by atoms with Crippen LogP contribution in [0.1, 0.15) is 94.4 Å². The molecule has 1 rings (SSSR count). The Hall–Kier alpha value is 0.980. The van der Waals surface area contributed by atoms with Crippen LogP contribution in [0.5, 0.6) is 0 Å². The van der Waals surface area contributed by atoms with Crippen LogP contribution >= 0.6 is 25.3 Å². The van der Waals surface area contributed by atoms with Gasteiger partial charge < -0.3 is 5.32 Å². The molecule has 0 saturated heterocycles. The van der Waals surface area contributed by atoms with E-state index >= 15 is 0 Å². The molecular weight excluding hydrogens is 519 g/mol. The van der Waals surface area contributed by atoms with Crippen molar-refractivity contribution in [2.45, 2.75) is 105 Å². The molecule has 0 amide bonds. The third-order valence-corrected chi connectivity index (χ3v) is 5.34. The molecule has 0 N–H and O–H groups in total. The van der Waals surface area contributed by atoms with Crippen LogP contribution in [-0.4, -0.2) is 10.3 Å². The molecule has 0 aliphatic heterocycles. The molecule has 1 aliphatic carbocycles. The summed E-state index contributed by atoms with van der Waals surface area (Å²) < 4.78 is -0.204. The molecule has 4 heteroatoms. The number of hydrogen-bond acceptors (Lipinski definition) is 2. The van der Waals surface area contributed by atoms with E-state index in [0.29, 0.717) is 0 Å². The molecule has 0 atom stereocenters. The largest absolute Gasteiger partial charge is 0.678 e. The van der Waals surface area contributed by atoms with E-state index in [1.54, 1.807) is 0 Å². The van der Waals surface area contributed by atoms with E-state index in [1.807, 2.05) is 19.9 Å². The van der Waals surface area contributed by atoms with Crippen LogP contribution in [0.25, 0.3) is 5.32 Å². The predicted molar refractivity (Wildman–Crippen MR) is 130 cm³/mol. The zero-order valence-corrected chi connectivity index (χ0v) is 22.8. The Balaban J connectivity index is -0.000000703. The Morgan fingerprint density at radius 2 is 1.59 bits per heavy atom. The fraction of sp³-hybridized carbons (Fsp3) is 0.739. The summed E-state index contributed by atoms with van der Waals surface area (Å²) in [4.78, 5) is 0.952. The minimum Gasteiger partial charge on any atom is -0.678 e. The number of rotatable bonds is 8. The SMILES string of the molecule is C=C(CC)/C(=C\C(S)=C/CCC)[N-]C(C)(C)C(C)(C)S.CC.CC1CC1.[Ho]. The minimum absolute atomic E-state index is 0. The quantitative estimate of drug-likeness (QED) is 0.167. The normalized spacial score (nSPS) is 14.8. The molecule has 27 heavy (non-hydrogen) atoms. The van der Waals surface area contributed by atoms with Gasteiger partial charge in [0.25, 0.3) is 0 Å². The molecule has 0 spiro atoms. The maximum absolute atomic E-state index is 4.89. The second kappa shape index (κ2) is 16.7. The number of hydrogen-bond donors (Lipinski definition) is 2. The van der Waals surface area contributed by atoms with Crippen LogP contribution in [0.2, 0.25) is 0 Å². The molecule has 165 valence electrons. The first kappa shape index (κ1) is 32.6. The van der Waals surface area contributed by atoms with Crippen molar-refractivity contribution in [3.05, 3.63) is 40.2 Å². The molecule has 1 fully saturated rings. The van der Waals surface area contributed by atoms with Crippen molar-refractivity contribution in [2.75, 3.05) is 0 Å². The Morgan fingerprint density at radius 3 is 1.89 bits per heavy atom. The van der Waals surface area contributed by atoms with E-state index in [-0.39, 0.29) is 48.0 Å². The van der Waals surface area contributed by atoms with Gasteiger partial charge in [0.2, 0.25) is 0 Å². The Labute approximate surface area is 212 Å². The molecule has 1 nitrogen and oxygen atoms in total. The molecule has 0 heterocycles. The predicted octanol–water partition coefficient (Wildman–Crippen LogP) is 8.75. The third-order valence-electron chi connectivity index (χ3n) is 4.48. The average Bonchev–Trinajstić information content (AvgIpc) is 3.35. The summed E-state index contributed by atoms with van der Waals surface area (Å²) in [6, 6.07) is 0. The monoisotopic (exact) mass is 563 g/mol. The fourth-order valence-electron chi connectivity index (χ4n) is 1.49. The second-order valence-electron chi connectivity index (χ2n) is 7.82. The topological polar surface area (TPSA) is 14.1 Å². The molecule has 1 saturated carbocycles. The van der Waals surface area contributed by atoms with Crippen molar-refractivity contribution in [3.8, 4) is 0 Å². The summed E-state index contributed by atoms with van der Waals surface area (Å²) >= 11 is 9.19. The number of unbranched alkanes of at least 4 members (excludes halogenated alkanes) is 1. The maximum Gasteiger partial charge on any atom is 0 e. The van der Waals surface area contributed by atoms with Gasteiger partial charge in [-0.3, -0.25) is 0 Å². The van der Waals surface area contributed by atoms with Gasteiger partial charge in [-0.05, 0) is 28.4 Å². The third kappa shape index (κ3) is 16.5. The van der Waals surface area contributed by atoms with E-state index in [2.05, 4.69) is 86.4 Å². The average molecular weight is 564 g/mol. The molecule has 0 aromatic heterocycles. The molecule has 0 aromatic carbocycles. The van der Waals surface area contributed by atoms with Gasteiger partial charge in [-0.2, -0.15) is 12.6 Å². The van der Waals surface area contributed by atoms with Crippen LogP contribution in [0.3, 0.4) is 0 Å². The van der Waals surface area contributed by atoms with Crippen LogP contribution in [0, 0.1) is 43.7 Å². The summed E-state index contributed by atoms with van der Waals surface area (Å²) in [6.07, 6.45) is 10.1. The van der Waals surface area contributed by atoms with Gasteiger partial charge in [-0.15, -0.1) is 18.3 Å². The van der Waals surface area contributed by atoms with Gasteiger partial charge in [-0.1, -0.05) is 111 Å². The van der Waals surface area contributed by atoms with E-state index in [1.165, 1.54) is 12.8 Å². The van der Waals surface area contributed by atoms with Crippen LogP contribution in [0.4, 0.5) is 0 Å². The van der Waals surface area contributed by atoms with Crippen molar-refractivity contribution >= 4 is 25.3 Å². The Morgan fingerprint density at radius 1 is 1.15 bits per heavy atom. The van der Waals surface area contributed by atoms with Gasteiger partial charge in [0.1, 0.15) is 0 Å². The minimum atomic E-state index is -0.279. The molecule has 0 aromatic rings. The van der Waals surface area contributed by atoms with Gasteiger partial charge >= 0.3 is 0 Å². The van der Waals surface area contributed by atoms with Crippen molar-refractivity contribution in [3.63, 3.8) is 0 Å². The zero-order chi connectivity index (χ0) is 21.0. The molecule has 0 unspecified atom stereocenters. The van der Waals surface area contributed by atoms with Crippen molar-refractivity contribution in [1.29, 1.82) is 0 Å². The van der Waals surface area contributed by atoms with E-state index < -0.39 is 0 Å². The van der Waals surface area contributed by atoms with E-state index in [4.69, 9.17) is 5.32 Å². The summed E-state index contributed by atoms with van der Waals surface area (Å²) in [5.41, 5.74) is 1.68. The summed E-state index contributed by atoms with van der Waals surface area (Å²) in [5.74, 6) is 1.08. The van der Waals surface area contributed by atoms with Gasteiger partial charge in [0, 0.05) is 37.7 Å². The molecular formula is C23H44HoNS2-. The van der Waals surface area contributed by atoms with Gasteiger partial charge in [-0.25, -0.2) is 0 Å². The summed E-state index contributed by atoms with van der Waals surface area (Å²) in [6.45, 7) is 23.0. The first-order chi connectivity index (χ1) is 11.9. The van der Waals surface area contributed by atoms with Gasteiger partial charge in [0.05, 0.1) is 0 Å². The zero-order valence-electron chi connectivity index (χ0n) is 19.1. The smallest absolute Gasteiger partial charge is 0 e. The van der Waals surface area contributed by atoms with Crippen LogP contribution in [-0.2, 0) is 0 Å². The molecule has 1 radical (unpaired) electrons.